The minimum absolute atomic E-state index is 0.0598. The molecule has 2 N–H and O–H groups in total. The summed E-state index contributed by atoms with van der Waals surface area (Å²) in [5.74, 6) is -0.0658. The molecule has 0 radical (unpaired) electrons. The van der Waals surface area contributed by atoms with Gasteiger partial charge in [0.1, 0.15) is 5.01 Å². The van der Waals surface area contributed by atoms with E-state index in [2.05, 4.69) is 15.6 Å². The molecule has 2 amide bonds. The van der Waals surface area contributed by atoms with E-state index in [1.165, 1.54) is 29.9 Å². The summed E-state index contributed by atoms with van der Waals surface area (Å²) in [6, 6.07) is 4.79. The normalized spacial score (nSPS) is 15.0. The fourth-order valence-electron chi connectivity index (χ4n) is 3.45. The van der Waals surface area contributed by atoms with Crippen LogP contribution < -0.4 is 10.6 Å². The van der Waals surface area contributed by atoms with Crippen LogP contribution in [0.5, 0.6) is 0 Å². The molecule has 5 nitrogen and oxygen atoms in total. The van der Waals surface area contributed by atoms with E-state index in [-0.39, 0.29) is 24.2 Å². The van der Waals surface area contributed by atoms with E-state index in [1.54, 1.807) is 5.38 Å². The summed E-state index contributed by atoms with van der Waals surface area (Å²) in [5.41, 5.74) is 0.418. The highest BCUT2D eigenvalue weighted by molar-refractivity contribution is 7.13. The van der Waals surface area contributed by atoms with Crippen molar-refractivity contribution in [2.45, 2.75) is 44.7 Å². The summed E-state index contributed by atoms with van der Waals surface area (Å²) in [6.45, 7) is 0.724. The van der Waals surface area contributed by atoms with Gasteiger partial charge in [-0.3, -0.25) is 9.59 Å². The smallest absolute Gasteiger partial charge is 0.354 e. The Hall–Kier alpha value is -2.42. The van der Waals surface area contributed by atoms with Crippen molar-refractivity contribution in [1.82, 2.24) is 15.6 Å². The monoisotopic (exact) mass is 439 g/mol. The van der Waals surface area contributed by atoms with Crippen molar-refractivity contribution in [3.05, 3.63) is 40.9 Å². The average molecular weight is 440 g/mol. The summed E-state index contributed by atoms with van der Waals surface area (Å²) in [7, 11) is 0. The molecule has 3 rings (SSSR count). The van der Waals surface area contributed by atoms with Crippen LogP contribution in [-0.2, 0) is 22.2 Å². The Morgan fingerprint density at radius 1 is 1.03 bits per heavy atom. The van der Waals surface area contributed by atoms with Crippen molar-refractivity contribution in [2.75, 3.05) is 13.1 Å². The molecule has 0 unspecified atom stereocenters. The maximum atomic E-state index is 12.7. The predicted molar refractivity (Wildman–Crippen MR) is 109 cm³/mol. The van der Waals surface area contributed by atoms with E-state index in [4.69, 9.17) is 0 Å². The number of aromatic nitrogens is 1. The second-order valence-electron chi connectivity index (χ2n) is 7.37. The number of halogens is 3. The number of thiazole rings is 1. The third kappa shape index (κ3) is 6.29. The highest BCUT2D eigenvalue weighted by Crippen LogP contribution is 2.31. The van der Waals surface area contributed by atoms with E-state index in [0.29, 0.717) is 29.4 Å². The van der Waals surface area contributed by atoms with E-state index in [0.717, 1.165) is 37.8 Å². The Kier molecular flexibility index (Phi) is 7.47. The lowest BCUT2D eigenvalue weighted by molar-refractivity contribution is -0.137. The summed E-state index contributed by atoms with van der Waals surface area (Å²) in [5, 5.41) is 7.89. The Bertz CT molecular complexity index is 859. The third-order valence-corrected chi connectivity index (χ3v) is 6.02. The second kappa shape index (κ2) is 10.1. The van der Waals surface area contributed by atoms with E-state index >= 15 is 0 Å². The van der Waals surface area contributed by atoms with Crippen LogP contribution in [0.4, 0.5) is 13.2 Å². The number of carbonyl (C=O) groups is 2. The summed E-state index contributed by atoms with van der Waals surface area (Å²) >= 11 is 1.28. The molecular weight excluding hydrogens is 415 g/mol. The van der Waals surface area contributed by atoms with Gasteiger partial charge < -0.3 is 10.6 Å². The van der Waals surface area contributed by atoms with Gasteiger partial charge >= 0.3 is 6.18 Å². The summed E-state index contributed by atoms with van der Waals surface area (Å²) in [4.78, 5) is 28.5. The maximum absolute atomic E-state index is 12.7. The van der Waals surface area contributed by atoms with Crippen LogP contribution in [0, 0.1) is 5.92 Å². The molecule has 30 heavy (non-hydrogen) atoms. The lowest BCUT2D eigenvalue weighted by atomic mass is 9.89. The minimum Gasteiger partial charge on any atom is -0.354 e. The van der Waals surface area contributed by atoms with Gasteiger partial charge in [0.05, 0.1) is 17.7 Å². The lowest BCUT2D eigenvalue weighted by Crippen LogP contribution is -2.38. The molecule has 0 atom stereocenters. The van der Waals surface area contributed by atoms with Gasteiger partial charge in [0.15, 0.2) is 0 Å². The molecule has 1 aromatic carbocycles. The second-order valence-corrected chi connectivity index (χ2v) is 8.23. The molecule has 0 saturated heterocycles. The van der Waals surface area contributed by atoms with Crippen LogP contribution in [0.15, 0.2) is 29.6 Å². The molecule has 1 aromatic heterocycles. The Morgan fingerprint density at radius 2 is 1.70 bits per heavy atom. The van der Waals surface area contributed by atoms with Crippen LogP contribution in [-0.4, -0.2) is 29.9 Å². The van der Waals surface area contributed by atoms with Gasteiger partial charge in [-0.25, -0.2) is 4.98 Å². The first-order valence-corrected chi connectivity index (χ1v) is 10.9. The van der Waals surface area contributed by atoms with Crippen molar-refractivity contribution < 1.29 is 22.8 Å². The van der Waals surface area contributed by atoms with Crippen LogP contribution in [0.25, 0.3) is 10.6 Å². The number of nitrogens with one attached hydrogen (secondary N) is 2. The topological polar surface area (TPSA) is 71.1 Å². The van der Waals surface area contributed by atoms with Crippen molar-refractivity contribution >= 4 is 23.2 Å². The zero-order valence-corrected chi connectivity index (χ0v) is 17.2. The molecule has 0 bridgehead atoms. The third-order valence-electron chi connectivity index (χ3n) is 5.07. The zero-order valence-electron chi connectivity index (χ0n) is 16.4. The van der Waals surface area contributed by atoms with Crippen molar-refractivity contribution in [3.63, 3.8) is 0 Å². The molecule has 162 valence electrons. The molecule has 2 aromatic rings. The van der Waals surface area contributed by atoms with E-state index < -0.39 is 11.7 Å². The average Bonchev–Trinajstić information content (AvgIpc) is 3.19. The van der Waals surface area contributed by atoms with Crippen LogP contribution in [0.1, 0.15) is 43.4 Å². The highest BCUT2D eigenvalue weighted by atomic mass is 32.1. The van der Waals surface area contributed by atoms with E-state index in [9.17, 15) is 22.8 Å². The number of benzene rings is 1. The first-order valence-electron chi connectivity index (χ1n) is 9.99. The fourth-order valence-corrected chi connectivity index (χ4v) is 4.27. The quantitative estimate of drug-likeness (QED) is 0.636. The molecule has 1 aliphatic carbocycles. The maximum Gasteiger partial charge on any atom is 0.416 e. The molecule has 9 heteroatoms. The Morgan fingerprint density at radius 3 is 2.37 bits per heavy atom. The standard InChI is InChI=1S/C21H24F3N3O2S/c22-21(23,24)16-8-6-15(7-9-16)20-27-17(13-30-20)12-18(28)25-10-11-26-19(29)14-4-2-1-3-5-14/h6-9,13-14H,1-5,10-12H2,(H,25,28)(H,26,29). The molecule has 0 aliphatic heterocycles. The minimum atomic E-state index is -4.37. The number of hydrogen-bond acceptors (Lipinski definition) is 4. The SMILES string of the molecule is O=C(Cc1csc(-c2ccc(C(F)(F)F)cc2)n1)NCCNC(=O)C1CCCCC1. The lowest BCUT2D eigenvalue weighted by Gasteiger charge is -2.20. The molecule has 1 fully saturated rings. The first-order chi connectivity index (χ1) is 14.3. The van der Waals surface area contributed by atoms with Crippen molar-refractivity contribution in [1.29, 1.82) is 0 Å². The van der Waals surface area contributed by atoms with Gasteiger partial charge in [0, 0.05) is 30.0 Å². The predicted octanol–water partition coefficient (Wildman–Crippen LogP) is 4.18. The van der Waals surface area contributed by atoms with Gasteiger partial charge in [0.25, 0.3) is 0 Å². The summed E-state index contributed by atoms with van der Waals surface area (Å²) in [6.07, 6.45) is 0.950. The number of rotatable bonds is 7. The number of hydrogen-bond donors (Lipinski definition) is 2. The van der Waals surface area contributed by atoms with Gasteiger partial charge in [-0.2, -0.15) is 13.2 Å². The molecule has 1 heterocycles. The van der Waals surface area contributed by atoms with Crippen molar-refractivity contribution in [2.24, 2.45) is 5.92 Å². The number of amides is 2. The molecule has 0 spiro atoms. The number of alkyl halides is 3. The van der Waals surface area contributed by atoms with E-state index in [1.807, 2.05) is 0 Å². The van der Waals surface area contributed by atoms with Gasteiger partial charge in [-0.1, -0.05) is 31.4 Å². The van der Waals surface area contributed by atoms with Crippen molar-refractivity contribution in [3.8, 4) is 10.6 Å². The largest absolute Gasteiger partial charge is 0.416 e. The Labute approximate surface area is 177 Å². The first kappa shape index (κ1) is 22.3. The summed E-state index contributed by atoms with van der Waals surface area (Å²) < 4.78 is 38.0. The molecule has 1 saturated carbocycles. The van der Waals surface area contributed by atoms with Crippen LogP contribution >= 0.6 is 11.3 Å². The fraction of sp³-hybridized carbons (Fsp3) is 0.476. The van der Waals surface area contributed by atoms with Gasteiger partial charge in [-0.05, 0) is 25.0 Å². The number of nitrogens with zero attached hydrogens (tertiary/aromatic N) is 1. The molecular formula is C21H24F3N3O2S. The highest BCUT2D eigenvalue weighted by Gasteiger charge is 2.30. The van der Waals surface area contributed by atoms with Gasteiger partial charge in [-0.15, -0.1) is 11.3 Å². The Balaban J connectivity index is 1.42. The van der Waals surface area contributed by atoms with Crippen LogP contribution in [0.3, 0.4) is 0 Å². The zero-order chi connectivity index (χ0) is 21.6. The molecule has 1 aliphatic rings. The van der Waals surface area contributed by atoms with Crippen LogP contribution in [0.2, 0.25) is 0 Å². The number of carbonyl (C=O) groups excluding carboxylic acids is 2. The van der Waals surface area contributed by atoms with Gasteiger partial charge in [0.2, 0.25) is 11.8 Å².